The van der Waals surface area contributed by atoms with Gasteiger partial charge in [-0.1, -0.05) is 12.1 Å². The van der Waals surface area contributed by atoms with Crippen LogP contribution in [0.2, 0.25) is 0 Å². The van der Waals surface area contributed by atoms with Gasteiger partial charge in [0.1, 0.15) is 17.9 Å². The van der Waals surface area contributed by atoms with Crippen LogP contribution in [0.4, 0.5) is 0 Å². The molecular weight excluding hydrogens is 384 g/mol. The van der Waals surface area contributed by atoms with Crippen molar-refractivity contribution in [1.29, 1.82) is 0 Å². The summed E-state index contributed by atoms with van der Waals surface area (Å²) < 4.78 is 17.3. The molecule has 1 N–H and O–H groups in total. The number of nitrogens with one attached hydrogen (secondary N) is 1. The van der Waals surface area contributed by atoms with Gasteiger partial charge >= 0.3 is 0 Å². The summed E-state index contributed by atoms with van der Waals surface area (Å²) in [5.74, 6) is -0.0488. The lowest BCUT2D eigenvalue weighted by Gasteiger charge is -2.26. The van der Waals surface area contributed by atoms with E-state index < -0.39 is 0 Å². The predicted octanol–water partition coefficient (Wildman–Crippen LogP) is 2.82. The van der Waals surface area contributed by atoms with Crippen LogP contribution < -0.4 is 10.1 Å². The highest BCUT2D eigenvalue weighted by molar-refractivity contribution is 6.12. The van der Waals surface area contributed by atoms with Crippen LogP contribution in [0.1, 0.15) is 24.3 Å². The minimum Gasteiger partial charge on any atom is -0.492 e. The third kappa shape index (κ3) is 3.55. The molecule has 5 rings (SSSR count). The molecule has 2 amide bonds. The molecular formula is C23H24N2O5. The summed E-state index contributed by atoms with van der Waals surface area (Å²) in [4.78, 5) is 26.3. The summed E-state index contributed by atoms with van der Waals surface area (Å²) in [6.45, 7) is 4.87. The van der Waals surface area contributed by atoms with E-state index in [1.807, 2.05) is 30.3 Å². The van der Waals surface area contributed by atoms with E-state index >= 15 is 0 Å². The molecule has 7 nitrogen and oxygen atoms in total. The molecule has 2 fully saturated rings. The van der Waals surface area contributed by atoms with E-state index in [-0.39, 0.29) is 17.7 Å². The van der Waals surface area contributed by atoms with Gasteiger partial charge in [0, 0.05) is 42.4 Å². The molecule has 0 radical (unpaired) electrons. The fraction of sp³-hybridized carbons (Fsp3) is 0.391. The molecule has 2 aliphatic rings. The molecule has 2 aromatic carbocycles. The molecule has 0 spiro atoms. The monoisotopic (exact) mass is 408 g/mol. The van der Waals surface area contributed by atoms with Crippen LogP contribution in [-0.2, 0) is 14.3 Å². The van der Waals surface area contributed by atoms with E-state index in [0.29, 0.717) is 19.4 Å². The second-order valence-corrected chi connectivity index (χ2v) is 7.79. The maximum atomic E-state index is 12.4. The number of furan rings is 1. The smallest absolute Gasteiger partial charge is 0.234 e. The van der Waals surface area contributed by atoms with Gasteiger partial charge in [0.2, 0.25) is 11.8 Å². The zero-order chi connectivity index (χ0) is 20.5. The zero-order valence-corrected chi connectivity index (χ0v) is 16.7. The number of morpholine rings is 1. The largest absolute Gasteiger partial charge is 0.492 e. The topological polar surface area (TPSA) is 81.0 Å². The van der Waals surface area contributed by atoms with Crippen LogP contribution in [0, 0.1) is 0 Å². The Labute approximate surface area is 173 Å². The lowest BCUT2D eigenvalue weighted by molar-refractivity contribution is -0.134. The highest BCUT2D eigenvalue weighted by atomic mass is 16.5. The van der Waals surface area contributed by atoms with Crippen LogP contribution in [0.3, 0.4) is 0 Å². The summed E-state index contributed by atoms with van der Waals surface area (Å²) in [6, 6.07) is 9.88. The minimum absolute atomic E-state index is 0.218. The predicted molar refractivity (Wildman–Crippen MR) is 112 cm³/mol. The molecule has 1 aromatic heterocycles. The summed E-state index contributed by atoms with van der Waals surface area (Å²) in [5.41, 5.74) is 1.55. The molecule has 0 aliphatic carbocycles. The van der Waals surface area contributed by atoms with E-state index in [1.54, 1.807) is 6.26 Å². The molecule has 2 saturated heterocycles. The fourth-order valence-electron chi connectivity index (χ4n) is 4.37. The highest BCUT2D eigenvalue weighted by Crippen LogP contribution is 2.39. The molecule has 3 aromatic rings. The Kier molecular flexibility index (Phi) is 5.14. The number of carbonyl (C=O) groups is 2. The van der Waals surface area contributed by atoms with Gasteiger partial charge in [-0.2, -0.15) is 0 Å². The van der Waals surface area contributed by atoms with Crippen molar-refractivity contribution in [3.8, 4) is 5.75 Å². The fourth-order valence-corrected chi connectivity index (χ4v) is 4.37. The number of carbonyl (C=O) groups excluding carboxylic acids is 2. The number of hydrogen-bond acceptors (Lipinski definition) is 6. The van der Waals surface area contributed by atoms with E-state index in [1.165, 1.54) is 0 Å². The summed E-state index contributed by atoms with van der Waals surface area (Å²) in [5, 5.41) is 5.34. The van der Waals surface area contributed by atoms with Crippen LogP contribution in [0.5, 0.6) is 5.75 Å². The summed E-state index contributed by atoms with van der Waals surface area (Å²) in [6.07, 6.45) is 2.48. The van der Waals surface area contributed by atoms with Crippen molar-refractivity contribution in [2.75, 3.05) is 39.5 Å². The lowest BCUT2D eigenvalue weighted by Crippen LogP contribution is -2.39. The average Bonchev–Trinajstić information content (AvgIpc) is 3.19. The first-order valence-corrected chi connectivity index (χ1v) is 10.4. The van der Waals surface area contributed by atoms with Gasteiger partial charge in [0.25, 0.3) is 0 Å². The molecule has 156 valence electrons. The third-order valence-corrected chi connectivity index (χ3v) is 5.97. The minimum atomic E-state index is -0.388. The van der Waals surface area contributed by atoms with Gasteiger partial charge < -0.3 is 13.9 Å². The Balaban J connectivity index is 1.45. The Morgan fingerprint density at radius 2 is 1.97 bits per heavy atom. The van der Waals surface area contributed by atoms with E-state index in [2.05, 4.69) is 10.2 Å². The Morgan fingerprint density at radius 1 is 1.10 bits per heavy atom. The maximum Gasteiger partial charge on any atom is 0.234 e. The number of piperidine rings is 1. The standard InChI is InChI=1S/C23H24N2O5/c26-21-7-5-17(23(27)24-21)18-14-30-20-6-4-15-16(22(18)20)2-1-3-19(15)29-13-10-25-8-11-28-12-9-25/h1-4,6,14,17H,5,7-13H2,(H,24,26,27)/t17-/m1/s1. The number of imide groups is 1. The normalized spacial score (nSPS) is 20.6. The van der Waals surface area contributed by atoms with E-state index in [9.17, 15) is 9.59 Å². The van der Waals surface area contributed by atoms with Crippen LogP contribution in [-0.4, -0.2) is 56.2 Å². The van der Waals surface area contributed by atoms with Gasteiger partial charge in [-0.3, -0.25) is 19.8 Å². The third-order valence-electron chi connectivity index (χ3n) is 5.97. The number of nitrogens with zero attached hydrogens (tertiary/aromatic N) is 1. The molecule has 0 bridgehead atoms. The first-order chi connectivity index (χ1) is 14.7. The van der Waals surface area contributed by atoms with Crippen molar-refractivity contribution in [2.24, 2.45) is 0 Å². The van der Waals surface area contributed by atoms with Gasteiger partial charge in [-0.05, 0) is 30.0 Å². The van der Waals surface area contributed by atoms with Crippen molar-refractivity contribution in [3.05, 3.63) is 42.2 Å². The number of hydrogen-bond donors (Lipinski definition) is 1. The number of amides is 2. The Morgan fingerprint density at radius 3 is 2.80 bits per heavy atom. The van der Waals surface area contributed by atoms with Crippen molar-refractivity contribution in [3.63, 3.8) is 0 Å². The van der Waals surface area contributed by atoms with Crippen molar-refractivity contribution >= 4 is 33.6 Å². The van der Waals surface area contributed by atoms with Crippen LogP contribution >= 0.6 is 0 Å². The number of benzene rings is 2. The van der Waals surface area contributed by atoms with Crippen molar-refractivity contribution in [2.45, 2.75) is 18.8 Å². The first kappa shape index (κ1) is 19.1. The quantitative estimate of drug-likeness (QED) is 0.654. The number of fused-ring (bicyclic) bond motifs is 3. The molecule has 30 heavy (non-hydrogen) atoms. The second kappa shape index (κ2) is 8.08. The van der Waals surface area contributed by atoms with Crippen molar-refractivity contribution in [1.82, 2.24) is 10.2 Å². The SMILES string of the molecule is O=C1CC[C@H](c2coc3ccc4c(OCCN5CCOCC5)cccc4c23)C(=O)N1. The molecule has 3 heterocycles. The Hall–Kier alpha value is -2.90. The second-order valence-electron chi connectivity index (χ2n) is 7.79. The van der Waals surface area contributed by atoms with Gasteiger partial charge in [0.15, 0.2) is 0 Å². The number of ether oxygens (including phenoxy) is 2. The van der Waals surface area contributed by atoms with Gasteiger partial charge in [-0.25, -0.2) is 0 Å². The Bertz CT molecular complexity index is 1100. The first-order valence-electron chi connectivity index (χ1n) is 10.4. The molecule has 0 unspecified atom stereocenters. The van der Waals surface area contributed by atoms with Crippen LogP contribution in [0.15, 0.2) is 41.0 Å². The zero-order valence-electron chi connectivity index (χ0n) is 16.7. The van der Waals surface area contributed by atoms with Gasteiger partial charge in [-0.15, -0.1) is 0 Å². The summed E-state index contributed by atoms with van der Waals surface area (Å²) in [7, 11) is 0. The van der Waals surface area contributed by atoms with E-state index in [0.717, 1.165) is 65.9 Å². The van der Waals surface area contributed by atoms with E-state index in [4.69, 9.17) is 13.9 Å². The molecule has 7 heteroatoms. The molecule has 1 atom stereocenters. The number of rotatable bonds is 5. The van der Waals surface area contributed by atoms with Gasteiger partial charge in [0.05, 0.1) is 25.4 Å². The molecule has 2 aliphatic heterocycles. The average molecular weight is 408 g/mol. The highest BCUT2D eigenvalue weighted by Gasteiger charge is 2.31. The van der Waals surface area contributed by atoms with Crippen molar-refractivity contribution < 1.29 is 23.5 Å². The van der Waals surface area contributed by atoms with Crippen LogP contribution in [0.25, 0.3) is 21.7 Å². The maximum absolute atomic E-state index is 12.4. The molecule has 0 saturated carbocycles. The summed E-state index contributed by atoms with van der Waals surface area (Å²) >= 11 is 0. The lowest BCUT2D eigenvalue weighted by atomic mass is 9.89.